The minimum absolute atomic E-state index is 0.277. The predicted octanol–water partition coefficient (Wildman–Crippen LogP) is 0.853. The fourth-order valence-electron chi connectivity index (χ4n) is 1.78. The van der Waals surface area contributed by atoms with Gasteiger partial charge in [-0.1, -0.05) is 5.16 Å². The summed E-state index contributed by atoms with van der Waals surface area (Å²) in [5.41, 5.74) is 5.42. The van der Waals surface area contributed by atoms with Gasteiger partial charge in [0.15, 0.2) is 5.82 Å². The molecule has 2 heterocycles. The molecule has 2 rings (SSSR count). The van der Waals surface area contributed by atoms with Gasteiger partial charge in [0.1, 0.15) is 0 Å². The Kier molecular flexibility index (Phi) is 3.33. The lowest BCUT2D eigenvalue weighted by Crippen LogP contribution is -2.02. The zero-order valence-electron chi connectivity index (χ0n) is 8.98. The average molecular weight is 211 g/mol. The summed E-state index contributed by atoms with van der Waals surface area (Å²) in [6.07, 6.45) is 2.97. The summed E-state index contributed by atoms with van der Waals surface area (Å²) in [4.78, 5) is 4.35. The topological polar surface area (TPSA) is 74.2 Å². The van der Waals surface area contributed by atoms with Gasteiger partial charge in [-0.25, -0.2) is 0 Å². The summed E-state index contributed by atoms with van der Waals surface area (Å²) >= 11 is 0. The Bertz CT molecular complexity index is 313. The predicted molar refractivity (Wildman–Crippen MR) is 54.4 cm³/mol. The Balaban J connectivity index is 1.94. The number of hydrogen-bond donors (Lipinski definition) is 1. The molecule has 1 aromatic heterocycles. The van der Waals surface area contributed by atoms with E-state index in [9.17, 15) is 0 Å². The van der Waals surface area contributed by atoms with Crippen molar-refractivity contribution in [1.82, 2.24) is 10.1 Å². The molecule has 2 atom stereocenters. The van der Waals surface area contributed by atoms with Crippen LogP contribution in [0.2, 0.25) is 0 Å². The Morgan fingerprint density at radius 1 is 1.53 bits per heavy atom. The molecule has 5 heteroatoms. The SMILES string of the molecule is CC1CC(c2nc(CCCN)no2)CO1. The quantitative estimate of drug-likeness (QED) is 0.799. The molecule has 1 fully saturated rings. The highest BCUT2D eigenvalue weighted by atomic mass is 16.5. The molecule has 1 aliphatic rings. The molecule has 15 heavy (non-hydrogen) atoms. The number of rotatable bonds is 4. The monoisotopic (exact) mass is 211 g/mol. The molecule has 2 N–H and O–H groups in total. The maximum Gasteiger partial charge on any atom is 0.232 e. The summed E-state index contributed by atoms with van der Waals surface area (Å²) < 4.78 is 10.7. The van der Waals surface area contributed by atoms with E-state index in [1.807, 2.05) is 0 Å². The molecule has 5 nitrogen and oxygen atoms in total. The van der Waals surface area contributed by atoms with Crippen molar-refractivity contribution in [3.05, 3.63) is 11.7 Å². The Labute approximate surface area is 89.0 Å². The number of nitrogens with zero attached hydrogens (tertiary/aromatic N) is 2. The summed E-state index contributed by atoms with van der Waals surface area (Å²) in [6, 6.07) is 0. The van der Waals surface area contributed by atoms with Crippen molar-refractivity contribution >= 4 is 0 Å². The van der Waals surface area contributed by atoms with Crippen LogP contribution in [0.3, 0.4) is 0 Å². The van der Waals surface area contributed by atoms with E-state index in [0.29, 0.717) is 25.1 Å². The van der Waals surface area contributed by atoms with E-state index in [-0.39, 0.29) is 5.92 Å². The van der Waals surface area contributed by atoms with Gasteiger partial charge in [0.25, 0.3) is 0 Å². The van der Waals surface area contributed by atoms with Gasteiger partial charge in [0, 0.05) is 6.42 Å². The lowest BCUT2D eigenvalue weighted by molar-refractivity contribution is 0.122. The van der Waals surface area contributed by atoms with E-state index in [2.05, 4.69) is 17.1 Å². The van der Waals surface area contributed by atoms with Crippen LogP contribution in [0, 0.1) is 0 Å². The second kappa shape index (κ2) is 4.72. The van der Waals surface area contributed by atoms with E-state index in [0.717, 1.165) is 25.1 Å². The van der Waals surface area contributed by atoms with Gasteiger partial charge in [-0.05, 0) is 26.3 Å². The second-order valence-corrected chi connectivity index (χ2v) is 4.02. The molecular weight excluding hydrogens is 194 g/mol. The molecule has 0 amide bonds. The van der Waals surface area contributed by atoms with Gasteiger partial charge >= 0.3 is 0 Å². The molecule has 1 aliphatic heterocycles. The van der Waals surface area contributed by atoms with Crippen molar-refractivity contribution in [1.29, 1.82) is 0 Å². The van der Waals surface area contributed by atoms with Crippen LogP contribution in [0.25, 0.3) is 0 Å². The normalized spacial score (nSPS) is 26.0. The zero-order valence-corrected chi connectivity index (χ0v) is 8.98. The number of aromatic nitrogens is 2. The van der Waals surface area contributed by atoms with Crippen molar-refractivity contribution in [2.75, 3.05) is 13.2 Å². The standard InChI is InChI=1S/C10H17N3O2/c1-7-5-8(6-14-7)10-12-9(13-15-10)3-2-4-11/h7-8H,2-6,11H2,1H3. The lowest BCUT2D eigenvalue weighted by atomic mass is 10.1. The van der Waals surface area contributed by atoms with Crippen molar-refractivity contribution in [3.8, 4) is 0 Å². The van der Waals surface area contributed by atoms with Gasteiger partial charge in [0.2, 0.25) is 5.89 Å². The fraction of sp³-hybridized carbons (Fsp3) is 0.800. The molecule has 84 valence electrons. The minimum Gasteiger partial charge on any atom is -0.378 e. The first-order chi connectivity index (χ1) is 7.29. The zero-order chi connectivity index (χ0) is 10.7. The van der Waals surface area contributed by atoms with Gasteiger partial charge in [-0.3, -0.25) is 0 Å². The van der Waals surface area contributed by atoms with E-state index in [1.54, 1.807) is 0 Å². The largest absolute Gasteiger partial charge is 0.378 e. The molecule has 0 aromatic carbocycles. The van der Waals surface area contributed by atoms with Crippen LogP contribution in [-0.4, -0.2) is 29.4 Å². The smallest absolute Gasteiger partial charge is 0.232 e. The second-order valence-electron chi connectivity index (χ2n) is 4.02. The molecule has 0 saturated carbocycles. The third kappa shape index (κ3) is 2.54. The van der Waals surface area contributed by atoms with Crippen molar-refractivity contribution < 1.29 is 9.26 Å². The van der Waals surface area contributed by atoms with Crippen LogP contribution in [0.5, 0.6) is 0 Å². The number of nitrogens with two attached hydrogens (primary N) is 1. The third-order valence-corrected chi connectivity index (χ3v) is 2.64. The Morgan fingerprint density at radius 2 is 2.40 bits per heavy atom. The van der Waals surface area contributed by atoms with Gasteiger partial charge in [0.05, 0.1) is 18.6 Å². The van der Waals surface area contributed by atoms with Crippen molar-refractivity contribution in [2.45, 2.75) is 38.2 Å². The Hall–Kier alpha value is -0.940. The number of ether oxygens (including phenoxy) is 1. The molecule has 0 spiro atoms. The molecule has 1 saturated heterocycles. The minimum atomic E-state index is 0.277. The van der Waals surface area contributed by atoms with Gasteiger partial charge in [-0.2, -0.15) is 4.98 Å². The molecule has 1 aromatic rings. The number of hydrogen-bond acceptors (Lipinski definition) is 5. The van der Waals surface area contributed by atoms with E-state index in [1.165, 1.54) is 0 Å². The molecule has 0 radical (unpaired) electrons. The fourth-order valence-corrected chi connectivity index (χ4v) is 1.78. The van der Waals surface area contributed by atoms with Crippen LogP contribution in [0.1, 0.15) is 37.4 Å². The van der Waals surface area contributed by atoms with E-state index in [4.69, 9.17) is 15.0 Å². The number of aryl methyl sites for hydroxylation is 1. The molecule has 0 aliphatic carbocycles. The average Bonchev–Trinajstić information content (AvgIpc) is 2.83. The summed E-state index contributed by atoms with van der Waals surface area (Å²) in [5, 5.41) is 3.93. The third-order valence-electron chi connectivity index (χ3n) is 2.64. The van der Waals surface area contributed by atoms with Gasteiger partial charge < -0.3 is 15.0 Å². The molecule has 0 bridgehead atoms. The van der Waals surface area contributed by atoms with Crippen LogP contribution in [0.4, 0.5) is 0 Å². The van der Waals surface area contributed by atoms with Gasteiger partial charge in [-0.15, -0.1) is 0 Å². The highest BCUT2D eigenvalue weighted by Crippen LogP contribution is 2.27. The van der Waals surface area contributed by atoms with Crippen molar-refractivity contribution in [3.63, 3.8) is 0 Å². The van der Waals surface area contributed by atoms with E-state index >= 15 is 0 Å². The summed E-state index contributed by atoms with van der Waals surface area (Å²) in [5.74, 6) is 1.75. The van der Waals surface area contributed by atoms with Crippen LogP contribution in [-0.2, 0) is 11.2 Å². The van der Waals surface area contributed by atoms with Crippen LogP contribution >= 0.6 is 0 Å². The highest BCUT2D eigenvalue weighted by Gasteiger charge is 2.28. The van der Waals surface area contributed by atoms with E-state index < -0.39 is 0 Å². The van der Waals surface area contributed by atoms with Crippen molar-refractivity contribution in [2.24, 2.45) is 5.73 Å². The molecular formula is C10H17N3O2. The van der Waals surface area contributed by atoms with Crippen LogP contribution < -0.4 is 5.73 Å². The highest BCUT2D eigenvalue weighted by molar-refractivity contribution is 4.97. The first-order valence-electron chi connectivity index (χ1n) is 5.43. The van der Waals surface area contributed by atoms with Crippen LogP contribution in [0.15, 0.2) is 4.52 Å². The molecule has 2 unspecified atom stereocenters. The summed E-state index contributed by atoms with van der Waals surface area (Å²) in [6.45, 7) is 3.42. The first kappa shape index (κ1) is 10.6. The summed E-state index contributed by atoms with van der Waals surface area (Å²) in [7, 11) is 0. The lowest BCUT2D eigenvalue weighted by Gasteiger charge is -1.98. The first-order valence-corrected chi connectivity index (χ1v) is 5.43. The maximum atomic E-state index is 5.46. The Morgan fingerprint density at radius 3 is 3.07 bits per heavy atom. The maximum absolute atomic E-state index is 5.46.